The number of nitrogens with one attached hydrogen (secondary N) is 1. The summed E-state index contributed by atoms with van der Waals surface area (Å²) in [6.07, 6.45) is 2.21. The van der Waals surface area contributed by atoms with Gasteiger partial charge in [0, 0.05) is 36.9 Å². The smallest absolute Gasteiger partial charge is 0.167 e. The van der Waals surface area contributed by atoms with Gasteiger partial charge in [-0.25, -0.2) is 4.39 Å². The molecule has 0 aliphatic carbocycles. The number of methoxy groups -OCH3 is 1. The maximum absolute atomic E-state index is 13.6. The van der Waals surface area contributed by atoms with Crippen LogP contribution < -0.4 is 10.1 Å². The molecule has 1 heterocycles. The number of hydrogen-bond donors (Lipinski definition) is 1. The molecule has 0 bridgehead atoms. The fourth-order valence-corrected chi connectivity index (χ4v) is 2.55. The Balaban J connectivity index is 1.90. The fraction of sp³-hybridized carbons (Fsp3) is 0.600. The largest absolute Gasteiger partial charge is 0.494 e. The van der Waals surface area contributed by atoms with E-state index in [4.69, 9.17) is 4.74 Å². The van der Waals surface area contributed by atoms with E-state index in [0.717, 1.165) is 31.6 Å². The molecule has 0 radical (unpaired) electrons. The van der Waals surface area contributed by atoms with Crippen molar-refractivity contribution in [2.75, 3.05) is 25.5 Å². The Labute approximate surface area is 114 Å². The molecule has 0 saturated carbocycles. The van der Waals surface area contributed by atoms with Crippen LogP contribution in [0.2, 0.25) is 0 Å². The van der Waals surface area contributed by atoms with E-state index >= 15 is 0 Å². The Morgan fingerprint density at radius 3 is 2.53 bits per heavy atom. The average molecular weight is 266 g/mol. The number of hydrogen-bond acceptors (Lipinski definition) is 3. The molecule has 1 N–H and O–H groups in total. The molecule has 1 saturated heterocycles. The topological polar surface area (TPSA) is 24.5 Å². The van der Waals surface area contributed by atoms with Crippen LogP contribution >= 0.6 is 0 Å². The number of benzene rings is 1. The Morgan fingerprint density at radius 2 is 2.00 bits per heavy atom. The third kappa shape index (κ3) is 3.60. The van der Waals surface area contributed by atoms with E-state index in [2.05, 4.69) is 24.1 Å². The summed E-state index contributed by atoms with van der Waals surface area (Å²) in [6.45, 7) is 6.67. The van der Waals surface area contributed by atoms with Gasteiger partial charge in [0.25, 0.3) is 0 Å². The molecule has 0 atom stereocenters. The third-order valence-electron chi connectivity index (χ3n) is 3.78. The van der Waals surface area contributed by atoms with Gasteiger partial charge in [-0.2, -0.15) is 0 Å². The van der Waals surface area contributed by atoms with E-state index in [0.29, 0.717) is 17.8 Å². The standard InChI is InChI=1S/C15H23FN2O/c1-11(2)18-8-6-12(7-9-18)17-13-4-5-15(19-3)14(16)10-13/h4-5,10-12,17H,6-9H2,1-3H3. The minimum atomic E-state index is -0.313. The lowest BCUT2D eigenvalue weighted by Gasteiger charge is -2.35. The van der Waals surface area contributed by atoms with Gasteiger partial charge in [-0.05, 0) is 38.8 Å². The van der Waals surface area contributed by atoms with Gasteiger partial charge in [-0.3, -0.25) is 0 Å². The van der Waals surface area contributed by atoms with Crippen LogP contribution in [0, 0.1) is 5.82 Å². The highest BCUT2D eigenvalue weighted by molar-refractivity contribution is 5.48. The predicted molar refractivity (Wildman–Crippen MR) is 76.3 cm³/mol. The molecule has 0 aromatic heterocycles. The van der Waals surface area contributed by atoms with Gasteiger partial charge in [0.2, 0.25) is 0 Å². The molecule has 106 valence electrons. The van der Waals surface area contributed by atoms with Gasteiger partial charge in [-0.1, -0.05) is 0 Å². The van der Waals surface area contributed by atoms with Gasteiger partial charge in [0.1, 0.15) is 0 Å². The van der Waals surface area contributed by atoms with Crippen LogP contribution in [0.4, 0.5) is 10.1 Å². The van der Waals surface area contributed by atoms with E-state index in [1.54, 1.807) is 6.07 Å². The van der Waals surface area contributed by atoms with Crippen LogP contribution in [0.3, 0.4) is 0 Å². The van der Waals surface area contributed by atoms with Gasteiger partial charge in [0.05, 0.1) is 7.11 Å². The van der Waals surface area contributed by atoms with E-state index < -0.39 is 0 Å². The van der Waals surface area contributed by atoms with E-state index in [1.165, 1.54) is 13.2 Å². The first-order valence-corrected chi connectivity index (χ1v) is 6.94. The van der Waals surface area contributed by atoms with Gasteiger partial charge < -0.3 is 15.0 Å². The third-order valence-corrected chi connectivity index (χ3v) is 3.78. The van der Waals surface area contributed by atoms with Gasteiger partial charge in [0.15, 0.2) is 11.6 Å². The van der Waals surface area contributed by atoms with Crippen LogP contribution in [0.1, 0.15) is 26.7 Å². The van der Waals surface area contributed by atoms with Crippen LogP contribution in [-0.4, -0.2) is 37.2 Å². The molecule has 1 fully saturated rings. The second-order valence-corrected chi connectivity index (χ2v) is 5.40. The molecule has 1 aromatic rings. The molecule has 1 aromatic carbocycles. The molecule has 2 rings (SSSR count). The first-order valence-electron chi connectivity index (χ1n) is 6.94. The normalized spacial score (nSPS) is 17.7. The van der Waals surface area contributed by atoms with E-state index in [-0.39, 0.29) is 5.82 Å². The molecule has 0 spiro atoms. The summed E-state index contributed by atoms with van der Waals surface area (Å²) < 4.78 is 18.5. The zero-order valence-electron chi connectivity index (χ0n) is 11.9. The number of ether oxygens (including phenoxy) is 1. The number of anilines is 1. The lowest BCUT2D eigenvalue weighted by Crippen LogP contribution is -2.42. The summed E-state index contributed by atoms with van der Waals surface area (Å²) in [4.78, 5) is 2.48. The second kappa shape index (κ2) is 6.24. The first-order chi connectivity index (χ1) is 9.10. The van der Waals surface area contributed by atoms with Crippen molar-refractivity contribution in [3.05, 3.63) is 24.0 Å². The minimum absolute atomic E-state index is 0.292. The predicted octanol–water partition coefficient (Wildman–Crippen LogP) is 3.12. The summed E-state index contributed by atoms with van der Waals surface area (Å²) in [5.41, 5.74) is 0.835. The van der Waals surface area contributed by atoms with Crippen molar-refractivity contribution < 1.29 is 9.13 Å². The van der Waals surface area contributed by atoms with Gasteiger partial charge in [-0.15, -0.1) is 0 Å². The molecule has 19 heavy (non-hydrogen) atoms. The lowest BCUT2D eigenvalue weighted by atomic mass is 10.0. The van der Waals surface area contributed by atoms with Crippen LogP contribution in [0.5, 0.6) is 5.75 Å². The maximum atomic E-state index is 13.6. The summed E-state index contributed by atoms with van der Waals surface area (Å²) in [6, 6.07) is 6.09. The monoisotopic (exact) mass is 266 g/mol. The van der Waals surface area contributed by atoms with Crippen molar-refractivity contribution in [1.82, 2.24) is 4.90 Å². The molecular formula is C15H23FN2O. The fourth-order valence-electron chi connectivity index (χ4n) is 2.55. The van der Waals surface area contributed by atoms with Crippen molar-refractivity contribution in [3.63, 3.8) is 0 Å². The Morgan fingerprint density at radius 1 is 1.32 bits per heavy atom. The van der Waals surface area contributed by atoms with Crippen LogP contribution in [0.15, 0.2) is 18.2 Å². The van der Waals surface area contributed by atoms with Crippen molar-refractivity contribution in [1.29, 1.82) is 0 Å². The van der Waals surface area contributed by atoms with E-state index in [9.17, 15) is 4.39 Å². The average Bonchev–Trinajstić information content (AvgIpc) is 2.39. The molecule has 1 aliphatic rings. The number of piperidine rings is 1. The second-order valence-electron chi connectivity index (χ2n) is 5.40. The van der Waals surface area contributed by atoms with Crippen molar-refractivity contribution >= 4 is 5.69 Å². The zero-order valence-corrected chi connectivity index (χ0v) is 11.9. The number of halogens is 1. The molecule has 4 heteroatoms. The van der Waals surface area contributed by atoms with Crippen molar-refractivity contribution in [2.45, 2.75) is 38.8 Å². The van der Waals surface area contributed by atoms with Gasteiger partial charge >= 0.3 is 0 Å². The highest BCUT2D eigenvalue weighted by Gasteiger charge is 2.20. The summed E-state index contributed by atoms with van der Waals surface area (Å²) in [5, 5.41) is 3.41. The summed E-state index contributed by atoms with van der Waals surface area (Å²) >= 11 is 0. The quantitative estimate of drug-likeness (QED) is 0.906. The summed E-state index contributed by atoms with van der Waals surface area (Å²) in [7, 11) is 1.48. The van der Waals surface area contributed by atoms with Crippen LogP contribution in [-0.2, 0) is 0 Å². The first kappa shape index (κ1) is 14.1. The molecule has 1 aliphatic heterocycles. The van der Waals surface area contributed by atoms with Crippen molar-refractivity contribution in [3.8, 4) is 5.75 Å². The number of nitrogens with zero attached hydrogens (tertiary/aromatic N) is 1. The highest BCUT2D eigenvalue weighted by Crippen LogP contribution is 2.23. The molecular weight excluding hydrogens is 243 g/mol. The lowest BCUT2D eigenvalue weighted by molar-refractivity contribution is 0.177. The SMILES string of the molecule is COc1ccc(NC2CCN(C(C)C)CC2)cc1F. The van der Waals surface area contributed by atoms with Crippen molar-refractivity contribution in [2.24, 2.45) is 0 Å². The number of rotatable bonds is 4. The highest BCUT2D eigenvalue weighted by atomic mass is 19.1. The zero-order chi connectivity index (χ0) is 13.8. The van der Waals surface area contributed by atoms with Crippen LogP contribution in [0.25, 0.3) is 0 Å². The Bertz CT molecular complexity index is 415. The maximum Gasteiger partial charge on any atom is 0.167 e. The Kier molecular flexibility index (Phi) is 4.64. The molecule has 0 amide bonds. The Hall–Kier alpha value is -1.29. The summed E-state index contributed by atoms with van der Waals surface area (Å²) in [5.74, 6) is -0.0210. The molecule has 3 nitrogen and oxygen atoms in total. The number of likely N-dealkylation sites (tertiary alicyclic amines) is 1. The molecule has 0 unspecified atom stereocenters. The van der Waals surface area contributed by atoms with E-state index in [1.807, 2.05) is 6.07 Å². The minimum Gasteiger partial charge on any atom is -0.494 e.